The van der Waals surface area contributed by atoms with Crippen LogP contribution in [0.25, 0.3) is 0 Å². The minimum absolute atomic E-state index is 0.273. The Bertz CT molecular complexity index is 491. The molecule has 0 bridgehead atoms. The van der Waals surface area contributed by atoms with Crippen molar-refractivity contribution in [2.45, 2.75) is 27.7 Å². The van der Waals surface area contributed by atoms with E-state index in [2.05, 4.69) is 5.32 Å². The number of hydrogen-bond donors (Lipinski definition) is 1. The molecule has 4 nitrogen and oxygen atoms in total. The minimum atomic E-state index is -0.734. The van der Waals surface area contributed by atoms with Gasteiger partial charge in [-0.2, -0.15) is 0 Å². The second kappa shape index (κ2) is 7.76. The summed E-state index contributed by atoms with van der Waals surface area (Å²) in [5.41, 5.74) is 0.280. The molecule has 0 atom stereocenters. The number of carbonyl (C=O) groups is 2. The lowest BCUT2D eigenvalue weighted by molar-refractivity contribution is -0.143. The van der Waals surface area contributed by atoms with Gasteiger partial charge in [-0.3, -0.25) is 9.59 Å². The van der Waals surface area contributed by atoms with Gasteiger partial charge < -0.3 is 10.2 Å². The third kappa shape index (κ3) is 5.94. The van der Waals surface area contributed by atoms with Gasteiger partial charge in [0.2, 0.25) is 0 Å². The Labute approximate surface area is 125 Å². The average molecular weight is 294 g/mol. The SMILES string of the molecule is CC(C)CN(CC(C)C)C(=O)C(=O)Nc1cccc(F)c1. The summed E-state index contributed by atoms with van der Waals surface area (Å²) in [5.74, 6) is -1.23. The molecule has 0 saturated carbocycles. The maximum Gasteiger partial charge on any atom is 0.313 e. The first-order chi connectivity index (χ1) is 9.79. The quantitative estimate of drug-likeness (QED) is 0.849. The Kier molecular flexibility index (Phi) is 6.34. The topological polar surface area (TPSA) is 49.4 Å². The molecular formula is C16H23FN2O2. The largest absolute Gasteiger partial charge is 0.334 e. The molecule has 21 heavy (non-hydrogen) atoms. The fourth-order valence-electron chi connectivity index (χ4n) is 2.02. The highest BCUT2D eigenvalue weighted by Gasteiger charge is 2.23. The first-order valence-electron chi connectivity index (χ1n) is 7.15. The third-order valence-corrected chi connectivity index (χ3v) is 2.74. The van der Waals surface area contributed by atoms with Crippen LogP contribution in [0.3, 0.4) is 0 Å². The van der Waals surface area contributed by atoms with E-state index in [-0.39, 0.29) is 17.5 Å². The summed E-state index contributed by atoms with van der Waals surface area (Å²) in [4.78, 5) is 25.8. The van der Waals surface area contributed by atoms with Gasteiger partial charge in [-0.05, 0) is 30.0 Å². The minimum Gasteiger partial charge on any atom is -0.334 e. The second-order valence-corrected chi connectivity index (χ2v) is 5.96. The monoisotopic (exact) mass is 294 g/mol. The molecule has 0 aliphatic rings. The van der Waals surface area contributed by atoms with E-state index in [4.69, 9.17) is 0 Å². The molecule has 0 unspecified atom stereocenters. The van der Waals surface area contributed by atoms with Gasteiger partial charge in [0, 0.05) is 18.8 Å². The Balaban J connectivity index is 2.75. The van der Waals surface area contributed by atoms with Crippen LogP contribution in [0.5, 0.6) is 0 Å². The van der Waals surface area contributed by atoms with E-state index in [0.717, 1.165) is 0 Å². The van der Waals surface area contributed by atoms with Crippen molar-refractivity contribution >= 4 is 17.5 Å². The van der Waals surface area contributed by atoms with E-state index >= 15 is 0 Å². The number of rotatable bonds is 5. The molecular weight excluding hydrogens is 271 g/mol. The van der Waals surface area contributed by atoms with Crippen LogP contribution in [0.2, 0.25) is 0 Å². The van der Waals surface area contributed by atoms with Crippen LogP contribution in [0, 0.1) is 17.7 Å². The molecule has 0 spiro atoms. The van der Waals surface area contributed by atoms with Crippen molar-refractivity contribution in [2.24, 2.45) is 11.8 Å². The third-order valence-electron chi connectivity index (χ3n) is 2.74. The summed E-state index contributed by atoms with van der Waals surface area (Å²) in [6.45, 7) is 9.01. The number of carbonyl (C=O) groups excluding carboxylic acids is 2. The molecule has 0 heterocycles. The van der Waals surface area contributed by atoms with Crippen LogP contribution in [-0.2, 0) is 9.59 Å². The van der Waals surface area contributed by atoms with Crippen molar-refractivity contribution in [3.05, 3.63) is 30.1 Å². The Morgan fingerprint density at radius 1 is 1.14 bits per heavy atom. The smallest absolute Gasteiger partial charge is 0.313 e. The number of nitrogens with one attached hydrogen (secondary N) is 1. The van der Waals surface area contributed by atoms with Gasteiger partial charge >= 0.3 is 11.8 Å². The van der Waals surface area contributed by atoms with Crippen molar-refractivity contribution in [3.8, 4) is 0 Å². The number of hydrogen-bond acceptors (Lipinski definition) is 2. The summed E-state index contributed by atoms with van der Waals surface area (Å²) < 4.78 is 13.1. The lowest BCUT2D eigenvalue weighted by Crippen LogP contribution is -2.43. The van der Waals surface area contributed by atoms with E-state index in [9.17, 15) is 14.0 Å². The highest BCUT2D eigenvalue weighted by atomic mass is 19.1. The number of benzene rings is 1. The fraction of sp³-hybridized carbons (Fsp3) is 0.500. The number of anilines is 1. The molecule has 0 aliphatic carbocycles. The van der Waals surface area contributed by atoms with Crippen LogP contribution >= 0.6 is 0 Å². The zero-order valence-corrected chi connectivity index (χ0v) is 13.0. The van der Waals surface area contributed by atoms with Crippen molar-refractivity contribution in [1.29, 1.82) is 0 Å². The molecule has 2 amide bonds. The summed E-state index contributed by atoms with van der Waals surface area (Å²) in [6, 6.07) is 5.49. The number of nitrogens with zero attached hydrogens (tertiary/aromatic N) is 1. The zero-order valence-electron chi connectivity index (χ0n) is 13.0. The van der Waals surface area contributed by atoms with Crippen molar-refractivity contribution < 1.29 is 14.0 Å². The Morgan fingerprint density at radius 2 is 1.71 bits per heavy atom. The van der Waals surface area contributed by atoms with Gasteiger partial charge in [0.25, 0.3) is 0 Å². The summed E-state index contributed by atoms with van der Waals surface area (Å²) in [7, 11) is 0. The lowest BCUT2D eigenvalue weighted by atomic mass is 10.1. The van der Waals surface area contributed by atoms with Crippen LogP contribution in [0.15, 0.2) is 24.3 Å². The molecule has 5 heteroatoms. The van der Waals surface area contributed by atoms with Crippen molar-refractivity contribution in [1.82, 2.24) is 4.90 Å². The second-order valence-electron chi connectivity index (χ2n) is 5.96. The Hall–Kier alpha value is -1.91. The first-order valence-corrected chi connectivity index (χ1v) is 7.15. The predicted octanol–water partition coefficient (Wildman–Crippen LogP) is 2.90. The predicted molar refractivity (Wildman–Crippen MR) is 81.3 cm³/mol. The molecule has 1 N–H and O–H groups in total. The molecule has 0 aliphatic heterocycles. The maximum absolute atomic E-state index is 13.1. The lowest BCUT2D eigenvalue weighted by Gasteiger charge is -2.25. The number of amides is 2. The van der Waals surface area contributed by atoms with Gasteiger partial charge in [0.05, 0.1) is 0 Å². The van der Waals surface area contributed by atoms with Gasteiger partial charge in [-0.25, -0.2) is 4.39 Å². The maximum atomic E-state index is 13.1. The normalized spacial score (nSPS) is 10.8. The standard InChI is InChI=1S/C16H23FN2O2/c1-11(2)9-19(10-12(3)4)16(21)15(20)18-14-7-5-6-13(17)8-14/h5-8,11-12H,9-10H2,1-4H3,(H,18,20). The fourth-order valence-corrected chi connectivity index (χ4v) is 2.02. The Morgan fingerprint density at radius 3 is 2.19 bits per heavy atom. The molecule has 1 aromatic carbocycles. The molecule has 1 rings (SSSR count). The van der Waals surface area contributed by atoms with Crippen LogP contribution < -0.4 is 5.32 Å². The molecule has 1 aromatic rings. The average Bonchev–Trinajstić information content (AvgIpc) is 2.35. The summed E-state index contributed by atoms with van der Waals surface area (Å²) >= 11 is 0. The van der Waals surface area contributed by atoms with Crippen molar-refractivity contribution in [3.63, 3.8) is 0 Å². The van der Waals surface area contributed by atoms with E-state index in [1.807, 2.05) is 27.7 Å². The molecule has 0 saturated heterocycles. The first kappa shape index (κ1) is 17.1. The summed E-state index contributed by atoms with van der Waals surface area (Å²) in [5, 5.41) is 2.44. The molecule has 0 fully saturated rings. The van der Waals surface area contributed by atoms with Crippen LogP contribution in [-0.4, -0.2) is 29.8 Å². The van der Waals surface area contributed by atoms with E-state index < -0.39 is 17.6 Å². The highest BCUT2D eigenvalue weighted by Crippen LogP contribution is 2.10. The van der Waals surface area contributed by atoms with E-state index in [1.54, 1.807) is 11.0 Å². The van der Waals surface area contributed by atoms with Crippen LogP contribution in [0.1, 0.15) is 27.7 Å². The van der Waals surface area contributed by atoms with E-state index in [0.29, 0.717) is 13.1 Å². The van der Waals surface area contributed by atoms with Gasteiger partial charge in [0.1, 0.15) is 5.82 Å². The van der Waals surface area contributed by atoms with Gasteiger partial charge in [-0.1, -0.05) is 33.8 Å². The van der Waals surface area contributed by atoms with Crippen molar-refractivity contribution in [2.75, 3.05) is 18.4 Å². The highest BCUT2D eigenvalue weighted by molar-refractivity contribution is 6.39. The number of halogens is 1. The molecule has 0 radical (unpaired) electrons. The van der Waals surface area contributed by atoms with Gasteiger partial charge in [-0.15, -0.1) is 0 Å². The van der Waals surface area contributed by atoms with Gasteiger partial charge in [0.15, 0.2) is 0 Å². The molecule has 116 valence electrons. The zero-order chi connectivity index (χ0) is 16.0. The van der Waals surface area contributed by atoms with Crippen LogP contribution in [0.4, 0.5) is 10.1 Å². The summed E-state index contributed by atoms with van der Waals surface area (Å²) in [6.07, 6.45) is 0. The van der Waals surface area contributed by atoms with E-state index in [1.165, 1.54) is 18.2 Å². The molecule has 0 aromatic heterocycles.